The number of carbonyl (C=O) groups is 1. The lowest BCUT2D eigenvalue weighted by Crippen LogP contribution is -2.43. The highest BCUT2D eigenvalue weighted by Gasteiger charge is 2.33. The molecule has 1 aliphatic heterocycles. The van der Waals surface area contributed by atoms with E-state index < -0.39 is 10.0 Å². The first-order valence-electron chi connectivity index (χ1n) is 10.7. The number of aryl methyl sites for hydroxylation is 3. The van der Waals surface area contributed by atoms with E-state index in [0.29, 0.717) is 19.4 Å². The van der Waals surface area contributed by atoms with Gasteiger partial charge in [-0.15, -0.1) is 0 Å². The second-order valence-corrected chi connectivity index (χ2v) is 10.0. The quantitative estimate of drug-likeness (QED) is 0.670. The van der Waals surface area contributed by atoms with Gasteiger partial charge in [-0.2, -0.15) is 9.57 Å². The molecule has 0 spiro atoms. The van der Waals surface area contributed by atoms with Crippen molar-refractivity contribution in [3.63, 3.8) is 0 Å². The third-order valence-corrected chi connectivity index (χ3v) is 7.83. The summed E-state index contributed by atoms with van der Waals surface area (Å²) in [4.78, 5) is 12.6. The van der Waals surface area contributed by atoms with Crippen LogP contribution in [0.15, 0.2) is 47.4 Å². The van der Waals surface area contributed by atoms with Crippen LogP contribution in [0.1, 0.15) is 41.5 Å². The SMILES string of the molecule is Cc1ccc(CCCNC(=O)C2CCN(S(=O)(=O)c3ccccc3C#N)CC2)c(C)c1. The van der Waals surface area contributed by atoms with E-state index in [1.807, 2.05) is 6.07 Å². The molecule has 1 heterocycles. The Balaban J connectivity index is 1.48. The van der Waals surface area contributed by atoms with Crippen molar-refractivity contribution in [2.75, 3.05) is 19.6 Å². The smallest absolute Gasteiger partial charge is 0.244 e. The van der Waals surface area contributed by atoms with Crippen molar-refractivity contribution in [3.05, 3.63) is 64.7 Å². The van der Waals surface area contributed by atoms with Gasteiger partial charge in [0.15, 0.2) is 0 Å². The maximum atomic E-state index is 12.9. The van der Waals surface area contributed by atoms with Crippen LogP contribution in [0.3, 0.4) is 0 Å². The molecular weight excluding hydrogens is 410 g/mol. The first kappa shape index (κ1) is 23.0. The van der Waals surface area contributed by atoms with E-state index in [-0.39, 0.29) is 35.4 Å². The van der Waals surface area contributed by atoms with Crippen molar-refractivity contribution < 1.29 is 13.2 Å². The number of benzene rings is 2. The van der Waals surface area contributed by atoms with Crippen molar-refractivity contribution in [2.45, 2.75) is 44.4 Å². The lowest BCUT2D eigenvalue weighted by Gasteiger charge is -2.30. The summed E-state index contributed by atoms with van der Waals surface area (Å²) in [6.07, 6.45) is 2.75. The van der Waals surface area contributed by atoms with Gasteiger partial charge >= 0.3 is 0 Å². The summed E-state index contributed by atoms with van der Waals surface area (Å²) in [6, 6.07) is 14.6. The molecule has 2 aromatic rings. The minimum absolute atomic E-state index is 0.00454. The molecule has 164 valence electrons. The van der Waals surface area contributed by atoms with Crippen LogP contribution in [0.2, 0.25) is 0 Å². The van der Waals surface area contributed by atoms with Gasteiger partial charge in [0.1, 0.15) is 6.07 Å². The number of nitrogens with zero attached hydrogens (tertiary/aromatic N) is 2. The highest BCUT2D eigenvalue weighted by Crippen LogP contribution is 2.25. The predicted molar refractivity (Wildman–Crippen MR) is 120 cm³/mol. The molecule has 1 fully saturated rings. The number of nitriles is 1. The van der Waals surface area contributed by atoms with Gasteiger partial charge in [0.25, 0.3) is 0 Å². The van der Waals surface area contributed by atoms with Gasteiger partial charge in [-0.3, -0.25) is 4.79 Å². The summed E-state index contributed by atoms with van der Waals surface area (Å²) in [5, 5.41) is 12.2. The number of sulfonamides is 1. The fraction of sp³-hybridized carbons (Fsp3) is 0.417. The van der Waals surface area contributed by atoms with Crippen LogP contribution in [-0.4, -0.2) is 38.3 Å². The van der Waals surface area contributed by atoms with E-state index in [1.165, 1.54) is 33.1 Å². The molecule has 0 aliphatic carbocycles. The Kier molecular flexibility index (Phi) is 7.47. The minimum Gasteiger partial charge on any atom is -0.356 e. The van der Waals surface area contributed by atoms with Crippen LogP contribution in [0, 0.1) is 31.1 Å². The summed E-state index contributed by atoms with van der Waals surface area (Å²) < 4.78 is 27.2. The molecule has 1 N–H and O–H groups in total. The summed E-state index contributed by atoms with van der Waals surface area (Å²) in [5.74, 6) is -0.186. The Hall–Kier alpha value is -2.69. The molecule has 1 saturated heterocycles. The molecule has 0 unspecified atom stereocenters. The number of hydrogen-bond acceptors (Lipinski definition) is 4. The first-order valence-corrected chi connectivity index (χ1v) is 12.1. The highest BCUT2D eigenvalue weighted by atomic mass is 32.2. The largest absolute Gasteiger partial charge is 0.356 e. The van der Waals surface area contributed by atoms with E-state index in [1.54, 1.807) is 12.1 Å². The van der Waals surface area contributed by atoms with Crippen molar-refractivity contribution in [1.29, 1.82) is 5.26 Å². The Morgan fingerprint density at radius 3 is 2.55 bits per heavy atom. The molecule has 0 radical (unpaired) electrons. The second-order valence-electron chi connectivity index (χ2n) is 8.11. The van der Waals surface area contributed by atoms with Crippen molar-refractivity contribution >= 4 is 15.9 Å². The number of amides is 1. The Morgan fingerprint density at radius 2 is 1.87 bits per heavy atom. The van der Waals surface area contributed by atoms with Gasteiger partial charge in [-0.05, 0) is 62.8 Å². The van der Waals surface area contributed by atoms with Gasteiger partial charge < -0.3 is 5.32 Å². The van der Waals surface area contributed by atoms with Gasteiger partial charge in [-0.25, -0.2) is 8.42 Å². The monoisotopic (exact) mass is 439 g/mol. The summed E-state index contributed by atoms with van der Waals surface area (Å²) >= 11 is 0. The first-order chi connectivity index (χ1) is 14.8. The molecule has 6 nitrogen and oxygen atoms in total. The molecule has 0 saturated carbocycles. The molecule has 1 amide bonds. The Bertz CT molecular complexity index is 1080. The third-order valence-electron chi connectivity index (χ3n) is 5.87. The highest BCUT2D eigenvalue weighted by molar-refractivity contribution is 7.89. The lowest BCUT2D eigenvalue weighted by atomic mass is 9.97. The van der Waals surface area contributed by atoms with Crippen LogP contribution < -0.4 is 5.32 Å². The summed E-state index contributed by atoms with van der Waals surface area (Å²) in [5.41, 5.74) is 3.97. The third kappa shape index (κ3) is 5.52. The van der Waals surface area contributed by atoms with Crippen LogP contribution in [0.5, 0.6) is 0 Å². The fourth-order valence-corrected chi connectivity index (χ4v) is 5.65. The molecule has 31 heavy (non-hydrogen) atoms. The minimum atomic E-state index is -3.73. The maximum Gasteiger partial charge on any atom is 0.244 e. The van der Waals surface area contributed by atoms with Crippen molar-refractivity contribution in [2.24, 2.45) is 5.92 Å². The topological polar surface area (TPSA) is 90.3 Å². The Labute approximate surface area is 184 Å². The van der Waals surface area contributed by atoms with Crippen LogP contribution >= 0.6 is 0 Å². The Morgan fingerprint density at radius 1 is 1.16 bits per heavy atom. The van der Waals surface area contributed by atoms with Crippen molar-refractivity contribution in [1.82, 2.24) is 9.62 Å². The predicted octanol–water partition coefficient (Wildman–Crippen LogP) is 3.32. The van der Waals surface area contributed by atoms with Crippen LogP contribution in [-0.2, 0) is 21.2 Å². The van der Waals surface area contributed by atoms with Crippen LogP contribution in [0.4, 0.5) is 0 Å². The van der Waals surface area contributed by atoms with E-state index >= 15 is 0 Å². The average Bonchev–Trinajstić information content (AvgIpc) is 2.77. The lowest BCUT2D eigenvalue weighted by molar-refractivity contribution is -0.126. The van der Waals surface area contributed by atoms with Crippen LogP contribution in [0.25, 0.3) is 0 Å². The van der Waals surface area contributed by atoms with E-state index in [4.69, 9.17) is 0 Å². The molecular formula is C24H29N3O3S. The molecule has 0 atom stereocenters. The number of rotatable bonds is 7. The number of nitrogens with one attached hydrogen (secondary N) is 1. The fourth-order valence-electron chi connectivity index (χ4n) is 4.04. The van der Waals surface area contributed by atoms with E-state index in [9.17, 15) is 18.5 Å². The van der Waals surface area contributed by atoms with Gasteiger partial charge in [0, 0.05) is 25.6 Å². The van der Waals surface area contributed by atoms with Crippen molar-refractivity contribution in [3.8, 4) is 6.07 Å². The molecule has 1 aliphatic rings. The average molecular weight is 440 g/mol. The second kappa shape index (κ2) is 10.1. The van der Waals surface area contributed by atoms with Gasteiger partial charge in [0.05, 0.1) is 10.5 Å². The molecule has 2 aromatic carbocycles. The van der Waals surface area contributed by atoms with Gasteiger partial charge in [0.2, 0.25) is 15.9 Å². The number of carbonyl (C=O) groups excluding carboxylic acids is 1. The van der Waals surface area contributed by atoms with Gasteiger partial charge in [-0.1, -0.05) is 35.9 Å². The van der Waals surface area contributed by atoms with E-state index in [0.717, 1.165) is 12.8 Å². The zero-order valence-electron chi connectivity index (χ0n) is 18.1. The normalized spacial score (nSPS) is 15.4. The molecule has 0 bridgehead atoms. The zero-order valence-corrected chi connectivity index (χ0v) is 18.9. The maximum absolute atomic E-state index is 12.9. The standard InChI is InChI=1S/C24H29N3O3S/c1-18-9-10-20(19(2)16-18)7-5-13-26-24(28)21-11-14-27(15-12-21)31(29,30)23-8-4-3-6-22(23)17-25/h3-4,6,8-10,16,21H,5,7,11-15H2,1-2H3,(H,26,28). The molecule has 0 aromatic heterocycles. The number of piperidine rings is 1. The summed E-state index contributed by atoms with van der Waals surface area (Å²) in [7, 11) is -3.73. The summed E-state index contributed by atoms with van der Waals surface area (Å²) in [6.45, 7) is 5.36. The molecule has 3 rings (SSSR count). The zero-order chi connectivity index (χ0) is 22.4. The van der Waals surface area contributed by atoms with E-state index in [2.05, 4.69) is 37.4 Å². The molecule has 7 heteroatoms. The number of hydrogen-bond donors (Lipinski definition) is 1.